The lowest BCUT2D eigenvalue weighted by Gasteiger charge is -2.09. The van der Waals surface area contributed by atoms with Gasteiger partial charge in [-0.3, -0.25) is 4.98 Å². The van der Waals surface area contributed by atoms with Gasteiger partial charge >= 0.3 is 8.05 Å². The number of hydrogen-bond acceptors (Lipinski definition) is 3. The normalized spacial score (nSPS) is 10.2. The van der Waals surface area contributed by atoms with Gasteiger partial charge in [-0.1, -0.05) is 24.3 Å². The average Bonchev–Trinajstić information content (AvgIpc) is 2.56. The van der Waals surface area contributed by atoms with E-state index in [-0.39, 0.29) is 0 Å². The van der Waals surface area contributed by atoms with Crippen molar-refractivity contribution in [2.75, 3.05) is 0 Å². The van der Waals surface area contributed by atoms with Crippen molar-refractivity contribution in [2.45, 2.75) is 0 Å². The molecule has 0 saturated heterocycles. The SMILES string of the molecule is [B]Oc1ccccc1-c1cccc(-c2ccccn2)n1. The van der Waals surface area contributed by atoms with Crippen LogP contribution in [0, 0.1) is 0 Å². The van der Waals surface area contributed by atoms with Gasteiger partial charge in [-0.2, -0.15) is 0 Å². The molecule has 2 heterocycles. The van der Waals surface area contributed by atoms with Gasteiger partial charge in [0.2, 0.25) is 0 Å². The smallest absolute Gasteiger partial charge is 0.374 e. The molecule has 0 unspecified atom stereocenters. The molecule has 0 aliphatic carbocycles. The van der Waals surface area contributed by atoms with Crippen molar-refractivity contribution >= 4 is 8.05 Å². The molecule has 0 atom stereocenters. The fraction of sp³-hybridized carbons (Fsp3) is 0. The van der Waals surface area contributed by atoms with E-state index < -0.39 is 0 Å². The molecule has 20 heavy (non-hydrogen) atoms. The van der Waals surface area contributed by atoms with Crippen LogP contribution in [0.25, 0.3) is 22.6 Å². The molecule has 0 aliphatic rings. The van der Waals surface area contributed by atoms with Gasteiger partial charge in [-0.05, 0) is 36.4 Å². The lowest BCUT2D eigenvalue weighted by atomic mass is 10.1. The van der Waals surface area contributed by atoms with Crippen LogP contribution in [0.4, 0.5) is 0 Å². The Labute approximate surface area is 118 Å². The quantitative estimate of drug-likeness (QED) is 0.676. The molecule has 0 bridgehead atoms. The summed E-state index contributed by atoms with van der Waals surface area (Å²) in [4.78, 5) is 8.93. The third kappa shape index (κ3) is 2.40. The fourth-order valence-electron chi connectivity index (χ4n) is 2.02. The van der Waals surface area contributed by atoms with E-state index in [0.29, 0.717) is 5.75 Å². The minimum atomic E-state index is 0.596. The van der Waals surface area contributed by atoms with Crippen molar-refractivity contribution in [3.05, 3.63) is 66.9 Å². The lowest BCUT2D eigenvalue weighted by Crippen LogP contribution is -1.93. The van der Waals surface area contributed by atoms with E-state index in [2.05, 4.69) is 9.97 Å². The number of para-hydroxylation sites is 1. The Morgan fingerprint density at radius 2 is 1.50 bits per heavy atom. The zero-order chi connectivity index (χ0) is 13.8. The van der Waals surface area contributed by atoms with Crippen molar-refractivity contribution in [2.24, 2.45) is 0 Å². The summed E-state index contributed by atoms with van der Waals surface area (Å²) < 4.78 is 4.89. The summed E-state index contributed by atoms with van der Waals surface area (Å²) in [5.74, 6) is 0.596. The molecule has 0 amide bonds. The van der Waals surface area contributed by atoms with Crippen molar-refractivity contribution in [1.82, 2.24) is 9.97 Å². The van der Waals surface area contributed by atoms with Gasteiger partial charge in [-0.15, -0.1) is 0 Å². The van der Waals surface area contributed by atoms with Crippen LogP contribution in [-0.2, 0) is 0 Å². The van der Waals surface area contributed by atoms with Crippen LogP contribution in [0.15, 0.2) is 66.9 Å². The summed E-state index contributed by atoms with van der Waals surface area (Å²) in [5, 5.41) is 0. The Morgan fingerprint density at radius 3 is 2.30 bits per heavy atom. The second-order valence-corrected chi connectivity index (χ2v) is 4.24. The Bertz CT molecular complexity index is 716. The number of pyridine rings is 2. The van der Waals surface area contributed by atoms with Gasteiger partial charge < -0.3 is 4.65 Å². The minimum absolute atomic E-state index is 0.596. The van der Waals surface area contributed by atoms with Crippen molar-refractivity contribution < 1.29 is 4.65 Å². The van der Waals surface area contributed by atoms with E-state index in [0.717, 1.165) is 22.6 Å². The molecule has 3 rings (SSSR count). The molecule has 3 nitrogen and oxygen atoms in total. The summed E-state index contributed by atoms with van der Waals surface area (Å²) in [5.41, 5.74) is 3.30. The van der Waals surface area contributed by atoms with Crippen LogP contribution in [0.3, 0.4) is 0 Å². The number of hydrogen-bond donors (Lipinski definition) is 0. The first kappa shape index (κ1) is 12.4. The summed E-state index contributed by atoms with van der Waals surface area (Å²) >= 11 is 0. The molecule has 0 N–H and O–H groups in total. The van der Waals surface area contributed by atoms with E-state index in [1.165, 1.54) is 0 Å². The molecular weight excluding hydrogens is 247 g/mol. The third-order valence-corrected chi connectivity index (χ3v) is 2.97. The highest BCUT2D eigenvalue weighted by Crippen LogP contribution is 2.29. The maximum atomic E-state index is 5.30. The second-order valence-electron chi connectivity index (χ2n) is 4.24. The van der Waals surface area contributed by atoms with E-state index in [1.807, 2.05) is 60.7 Å². The summed E-state index contributed by atoms with van der Waals surface area (Å²) in [6.07, 6.45) is 1.75. The molecule has 0 aliphatic heterocycles. The Morgan fingerprint density at radius 1 is 0.750 bits per heavy atom. The summed E-state index contributed by atoms with van der Waals surface area (Å²) in [7, 11) is 5.30. The molecule has 1 aromatic carbocycles. The van der Waals surface area contributed by atoms with Gasteiger partial charge in [-0.25, -0.2) is 4.98 Å². The molecule has 3 aromatic rings. The zero-order valence-electron chi connectivity index (χ0n) is 10.7. The van der Waals surface area contributed by atoms with Crippen molar-refractivity contribution in [3.8, 4) is 28.4 Å². The number of benzene rings is 1. The monoisotopic (exact) mass is 258 g/mol. The van der Waals surface area contributed by atoms with Gasteiger partial charge in [0.15, 0.2) is 0 Å². The molecule has 94 valence electrons. The highest BCUT2D eigenvalue weighted by molar-refractivity contribution is 6.00. The van der Waals surface area contributed by atoms with Crippen molar-refractivity contribution in [1.29, 1.82) is 0 Å². The minimum Gasteiger partial charge on any atom is -0.567 e. The van der Waals surface area contributed by atoms with Crippen LogP contribution >= 0.6 is 0 Å². The highest BCUT2D eigenvalue weighted by Gasteiger charge is 2.07. The second kappa shape index (κ2) is 5.57. The molecule has 2 aromatic heterocycles. The molecular formula is C16H11BN2O. The first-order chi connectivity index (χ1) is 9.88. The largest absolute Gasteiger partial charge is 0.567 e. The van der Waals surface area contributed by atoms with Crippen LogP contribution < -0.4 is 4.65 Å². The van der Waals surface area contributed by atoms with Gasteiger partial charge in [0.05, 0.1) is 17.1 Å². The maximum Gasteiger partial charge on any atom is 0.374 e. The third-order valence-electron chi connectivity index (χ3n) is 2.97. The van der Waals surface area contributed by atoms with Crippen LogP contribution in [0.5, 0.6) is 5.75 Å². The topological polar surface area (TPSA) is 35.0 Å². The zero-order valence-corrected chi connectivity index (χ0v) is 10.7. The van der Waals surface area contributed by atoms with Gasteiger partial charge in [0.25, 0.3) is 0 Å². The molecule has 0 fully saturated rings. The maximum absolute atomic E-state index is 5.30. The first-order valence-electron chi connectivity index (χ1n) is 6.23. The predicted octanol–water partition coefficient (Wildman–Crippen LogP) is 3.27. The number of aromatic nitrogens is 2. The summed E-state index contributed by atoms with van der Waals surface area (Å²) in [6.45, 7) is 0. The average molecular weight is 258 g/mol. The predicted molar refractivity (Wildman–Crippen MR) is 79.3 cm³/mol. The van der Waals surface area contributed by atoms with E-state index in [1.54, 1.807) is 6.20 Å². The fourth-order valence-corrected chi connectivity index (χ4v) is 2.02. The van der Waals surface area contributed by atoms with E-state index in [9.17, 15) is 0 Å². The number of nitrogens with zero attached hydrogens (tertiary/aromatic N) is 2. The first-order valence-corrected chi connectivity index (χ1v) is 6.23. The molecule has 0 spiro atoms. The van der Waals surface area contributed by atoms with Crippen molar-refractivity contribution in [3.63, 3.8) is 0 Å². The highest BCUT2D eigenvalue weighted by atomic mass is 16.4. The standard InChI is InChI=1S/C16H11BN2O/c17-20-16-10-2-1-6-12(16)13-8-5-9-15(19-13)14-7-3-4-11-18-14/h1-11H. The van der Waals surface area contributed by atoms with Crippen LogP contribution in [-0.4, -0.2) is 18.0 Å². The number of rotatable bonds is 3. The molecule has 2 radical (unpaired) electrons. The molecule has 0 saturated carbocycles. The van der Waals surface area contributed by atoms with Gasteiger partial charge in [0, 0.05) is 11.8 Å². The Balaban J connectivity index is 2.08. The van der Waals surface area contributed by atoms with Crippen LogP contribution in [0.1, 0.15) is 0 Å². The Kier molecular flexibility index (Phi) is 3.46. The summed E-state index contributed by atoms with van der Waals surface area (Å²) in [6, 6.07) is 19.1. The lowest BCUT2D eigenvalue weighted by molar-refractivity contribution is 0.618. The molecule has 4 heteroatoms. The Hall–Kier alpha value is -2.62. The van der Waals surface area contributed by atoms with E-state index in [4.69, 9.17) is 12.7 Å². The van der Waals surface area contributed by atoms with Gasteiger partial charge in [0.1, 0.15) is 5.75 Å². The van der Waals surface area contributed by atoms with E-state index >= 15 is 0 Å². The van der Waals surface area contributed by atoms with Crippen LogP contribution in [0.2, 0.25) is 0 Å².